The van der Waals surface area contributed by atoms with E-state index in [1.54, 1.807) is 24.3 Å². The standard InChI is InChI=1S/C14H10BrClN2O2S/c1-21(19,20)9-3-5-12-13(7-9)18-14(17-12)8-2-4-10(15)11(16)6-8/h2-7H,1H3,(H,17,18). The lowest BCUT2D eigenvalue weighted by Crippen LogP contribution is -1.96. The van der Waals surface area contributed by atoms with E-state index in [2.05, 4.69) is 25.9 Å². The Morgan fingerprint density at radius 3 is 2.62 bits per heavy atom. The van der Waals surface area contributed by atoms with E-state index in [1.807, 2.05) is 12.1 Å². The number of hydrogen-bond acceptors (Lipinski definition) is 3. The molecule has 21 heavy (non-hydrogen) atoms. The number of sulfone groups is 1. The molecule has 1 aromatic heterocycles. The van der Waals surface area contributed by atoms with Gasteiger partial charge in [-0.2, -0.15) is 0 Å². The van der Waals surface area contributed by atoms with Crippen LogP contribution in [0.25, 0.3) is 22.4 Å². The first kappa shape index (κ1) is 14.6. The summed E-state index contributed by atoms with van der Waals surface area (Å²) in [5.74, 6) is 0.644. The monoisotopic (exact) mass is 384 g/mol. The molecule has 0 aliphatic rings. The van der Waals surface area contributed by atoms with Gasteiger partial charge in [0.05, 0.1) is 21.0 Å². The number of fused-ring (bicyclic) bond motifs is 1. The maximum absolute atomic E-state index is 11.6. The molecule has 0 unspecified atom stereocenters. The van der Waals surface area contributed by atoms with Crippen molar-refractivity contribution < 1.29 is 8.42 Å². The van der Waals surface area contributed by atoms with Gasteiger partial charge in [0, 0.05) is 16.3 Å². The quantitative estimate of drug-likeness (QED) is 0.724. The van der Waals surface area contributed by atoms with Gasteiger partial charge in [0.15, 0.2) is 9.84 Å². The molecular formula is C14H10BrClN2O2S. The molecule has 1 N–H and O–H groups in total. The third-order valence-electron chi connectivity index (χ3n) is 3.07. The molecule has 0 aliphatic carbocycles. The van der Waals surface area contributed by atoms with Crippen LogP contribution in [0.4, 0.5) is 0 Å². The van der Waals surface area contributed by atoms with Crippen LogP contribution in [0.5, 0.6) is 0 Å². The smallest absolute Gasteiger partial charge is 0.175 e. The lowest BCUT2D eigenvalue weighted by molar-refractivity contribution is 0.602. The zero-order valence-electron chi connectivity index (χ0n) is 10.9. The van der Waals surface area contributed by atoms with Gasteiger partial charge in [0.25, 0.3) is 0 Å². The van der Waals surface area contributed by atoms with Crippen molar-refractivity contribution in [2.75, 3.05) is 6.26 Å². The predicted molar refractivity (Wildman–Crippen MR) is 87.3 cm³/mol. The van der Waals surface area contributed by atoms with Crippen LogP contribution in [-0.2, 0) is 9.84 Å². The van der Waals surface area contributed by atoms with Crippen molar-refractivity contribution in [3.8, 4) is 11.4 Å². The molecule has 108 valence electrons. The molecule has 0 saturated carbocycles. The minimum absolute atomic E-state index is 0.263. The van der Waals surface area contributed by atoms with Crippen molar-refractivity contribution in [3.05, 3.63) is 45.9 Å². The van der Waals surface area contributed by atoms with Crippen molar-refractivity contribution in [2.45, 2.75) is 4.90 Å². The minimum Gasteiger partial charge on any atom is -0.338 e. The number of benzene rings is 2. The highest BCUT2D eigenvalue weighted by atomic mass is 79.9. The number of aromatic amines is 1. The maximum atomic E-state index is 11.6. The first-order valence-electron chi connectivity index (χ1n) is 6.00. The van der Waals surface area contributed by atoms with E-state index in [9.17, 15) is 8.42 Å². The molecule has 0 aliphatic heterocycles. The Balaban J connectivity index is 2.14. The second kappa shape index (κ2) is 5.12. The van der Waals surface area contributed by atoms with Gasteiger partial charge in [0.2, 0.25) is 0 Å². The Bertz CT molecular complexity index is 951. The molecule has 0 fully saturated rings. The topological polar surface area (TPSA) is 62.8 Å². The average Bonchev–Trinajstić information content (AvgIpc) is 2.83. The van der Waals surface area contributed by atoms with Crippen LogP contribution in [0, 0.1) is 0 Å². The number of rotatable bonds is 2. The van der Waals surface area contributed by atoms with Gasteiger partial charge in [-0.15, -0.1) is 0 Å². The molecule has 0 saturated heterocycles. The van der Waals surface area contributed by atoms with Crippen LogP contribution in [0.15, 0.2) is 45.8 Å². The molecule has 0 radical (unpaired) electrons. The van der Waals surface area contributed by atoms with E-state index in [1.165, 1.54) is 6.26 Å². The van der Waals surface area contributed by atoms with Crippen LogP contribution in [0.2, 0.25) is 5.02 Å². The summed E-state index contributed by atoms with van der Waals surface area (Å²) < 4.78 is 24.0. The SMILES string of the molecule is CS(=O)(=O)c1ccc2nc(-c3ccc(Br)c(Cl)c3)[nH]c2c1. The van der Waals surface area contributed by atoms with Gasteiger partial charge in [-0.25, -0.2) is 13.4 Å². The van der Waals surface area contributed by atoms with Crippen LogP contribution in [-0.4, -0.2) is 24.6 Å². The van der Waals surface area contributed by atoms with Crippen molar-refractivity contribution in [1.82, 2.24) is 9.97 Å². The van der Waals surface area contributed by atoms with E-state index < -0.39 is 9.84 Å². The fraction of sp³-hybridized carbons (Fsp3) is 0.0714. The predicted octanol–water partition coefficient (Wildman–Crippen LogP) is 4.05. The maximum Gasteiger partial charge on any atom is 0.175 e. The molecule has 2 aromatic carbocycles. The summed E-state index contributed by atoms with van der Waals surface area (Å²) in [6.07, 6.45) is 1.18. The van der Waals surface area contributed by atoms with Gasteiger partial charge in [-0.3, -0.25) is 0 Å². The normalized spacial score (nSPS) is 12.0. The minimum atomic E-state index is -3.24. The first-order valence-corrected chi connectivity index (χ1v) is 9.06. The molecule has 0 bridgehead atoms. The summed E-state index contributed by atoms with van der Waals surface area (Å²) in [4.78, 5) is 7.84. The zero-order chi connectivity index (χ0) is 15.2. The van der Waals surface area contributed by atoms with E-state index in [0.717, 1.165) is 10.0 Å². The summed E-state index contributed by atoms with van der Waals surface area (Å²) >= 11 is 9.42. The van der Waals surface area contributed by atoms with Gasteiger partial charge in [-0.05, 0) is 46.3 Å². The number of imidazole rings is 1. The number of hydrogen-bond donors (Lipinski definition) is 1. The Morgan fingerprint density at radius 1 is 1.19 bits per heavy atom. The summed E-state index contributed by atoms with van der Waals surface area (Å²) in [5.41, 5.74) is 2.21. The Kier molecular flexibility index (Phi) is 3.55. The summed E-state index contributed by atoms with van der Waals surface area (Å²) in [5, 5.41) is 0.588. The number of H-pyrrole nitrogens is 1. The van der Waals surface area contributed by atoms with Gasteiger partial charge < -0.3 is 4.98 Å². The van der Waals surface area contributed by atoms with Crippen LogP contribution in [0.1, 0.15) is 0 Å². The molecule has 0 spiro atoms. The van der Waals surface area contributed by atoms with Crippen LogP contribution in [0.3, 0.4) is 0 Å². The number of nitrogens with zero attached hydrogens (tertiary/aromatic N) is 1. The zero-order valence-corrected chi connectivity index (χ0v) is 14.1. The second-order valence-corrected chi connectivity index (χ2v) is 7.94. The second-order valence-electron chi connectivity index (χ2n) is 4.67. The lowest BCUT2D eigenvalue weighted by Gasteiger charge is -1.99. The van der Waals surface area contributed by atoms with E-state index in [0.29, 0.717) is 21.9 Å². The molecule has 4 nitrogen and oxygen atoms in total. The molecule has 1 heterocycles. The highest BCUT2D eigenvalue weighted by Crippen LogP contribution is 2.29. The third-order valence-corrected chi connectivity index (χ3v) is 5.42. The van der Waals surface area contributed by atoms with E-state index in [4.69, 9.17) is 11.6 Å². The van der Waals surface area contributed by atoms with Gasteiger partial charge in [0.1, 0.15) is 5.82 Å². The van der Waals surface area contributed by atoms with E-state index >= 15 is 0 Å². The fourth-order valence-corrected chi connectivity index (χ4v) is 3.07. The number of aromatic nitrogens is 2. The average molecular weight is 386 g/mol. The molecule has 7 heteroatoms. The lowest BCUT2D eigenvalue weighted by atomic mass is 10.2. The highest BCUT2D eigenvalue weighted by molar-refractivity contribution is 9.10. The van der Waals surface area contributed by atoms with Crippen molar-refractivity contribution in [2.24, 2.45) is 0 Å². The Hall–Kier alpha value is -1.37. The molecule has 0 amide bonds. The fourth-order valence-electron chi connectivity index (χ4n) is 2.00. The highest BCUT2D eigenvalue weighted by Gasteiger charge is 2.11. The number of halogens is 2. The van der Waals surface area contributed by atoms with Gasteiger partial charge >= 0.3 is 0 Å². The summed E-state index contributed by atoms with van der Waals surface area (Å²) in [6.45, 7) is 0. The van der Waals surface area contributed by atoms with E-state index in [-0.39, 0.29) is 4.90 Å². The molecular weight excluding hydrogens is 376 g/mol. The van der Waals surface area contributed by atoms with Gasteiger partial charge in [-0.1, -0.05) is 17.7 Å². The molecule has 0 atom stereocenters. The summed E-state index contributed by atoms with van der Waals surface area (Å²) in [7, 11) is -3.24. The largest absolute Gasteiger partial charge is 0.338 e. The van der Waals surface area contributed by atoms with Crippen molar-refractivity contribution >= 4 is 48.4 Å². The van der Waals surface area contributed by atoms with Crippen LogP contribution < -0.4 is 0 Å². The third kappa shape index (κ3) is 2.84. The Labute approximate surface area is 135 Å². The molecule has 3 aromatic rings. The van der Waals surface area contributed by atoms with Crippen molar-refractivity contribution in [1.29, 1.82) is 0 Å². The molecule has 3 rings (SSSR count). The Morgan fingerprint density at radius 2 is 1.95 bits per heavy atom. The van der Waals surface area contributed by atoms with Crippen LogP contribution >= 0.6 is 27.5 Å². The number of nitrogens with one attached hydrogen (secondary N) is 1. The first-order chi connectivity index (χ1) is 9.84. The van der Waals surface area contributed by atoms with Crippen molar-refractivity contribution in [3.63, 3.8) is 0 Å². The summed E-state index contributed by atoms with van der Waals surface area (Å²) in [6, 6.07) is 10.3.